The van der Waals surface area contributed by atoms with Crippen molar-refractivity contribution >= 4 is 38.3 Å². The number of halogens is 1. The van der Waals surface area contributed by atoms with Gasteiger partial charge < -0.3 is 10.4 Å². The van der Waals surface area contributed by atoms with E-state index in [0.717, 1.165) is 50.8 Å². The van der Waals surface area contributed by atoms with Gasteiger partial charge in [-0.1, -0.05) is 22.0 Å². The van der Waals surface area contributed by atoms with E-state index in [0.29, 0.717) is 0 Å². The van der Waals surface area contributed by atoms with Crippen LogP contribution in [0.25, 0.3) is 10.9 Å². The molecule has 5 heteroatoms. The summed E-state index contributed by atoms with van der Waals surface area (Å²) in [6, 6.07) is 10.1. The first-order valence-electron chi connectivity index (χ1n) is 7.98. The molecule has 1 atom stereocenters. The highest BCUT2D eigenvalue weighted by Gasteiger charge is 2.08. The van der Waals surface area contributed by atoms with Crippen LogP contribution >= 0.6 is 15.9 Å². The van der Waals surface area contributed by atoms with Crippen LogP contribution in [0.4, 0.5) is 11.5 Å². The number of aryl methyl sites for hydroxylation is 1. The molecule has 0 spiro atoms. The SMILES string of the molecule is Cc1c(Br)cccc1Nc1nccc2cc(CC[C@H](C)O)cnc12. The molecule has 0 bridgehead atoms. The van der Waals surface area contributed by atoms with Gasteiger partial charge in [0.05, 0.1) is 6.10 Å². The summed E-state index contributed by atoms with van der Waals surface area (Å²) in [6.45, 7) is 3.86. The minimum atomic E-state index is -0.296. The number of nitrogens with zero attached hydrogens (tertiary/aromatic N) is 2. The first-order chi connectivity index (χ1) is 11.5. The highest BCUT2D eigenvalue weighted by Crippen LogP contribution is 2.28. The smallest absolute Gasteiger partial charge is 0.156 e. The highest BCUT2D eigenvalue weighted by atomic mass is 79.9. The third-order valence-corrected chi connectivity index (χ3v) is 4.89. The van der Waals surface area contributed by atoms with Crippen LogP contribution in [0.2, 0.25) is 0 Å². The summed E-state index contributed by atoms with van der Waals surface area (Å²) in [5, 5.41) is 13.9. The first kappa shape index (κ1) is 16.9. The Morgan fingerprint density at radius 1 is 1.25 bits per heavy atom. The van der Waals surface area contributed by atoms with Crippen LogP contribution < -0.4 is 5.32 Å². The molecule has 3 rings (SSSR count). The Bertz CT molecular complexity index is 864. The minimum absolute atomic E-state index is 0.296. The molecule has 1 aromatic carbocycles. The molecular formula is C19H20BrN3O. The first-order valence-corrected chi connectivity index (χ1v) is 8.77. The molecule has 2 heterocycles. The van der Waals surface area contributed by atoms with E-state index in [1.165, 1.54) is 0 Å². The van der Waals surface area contributed by atoms with Gasteiger partial charge in [-0.05, 0) is 62.1 Å². The normalized spacial score (nSPS) is 12.3. The minimum Gasteiger partial charge on any atom is -0.393 e. The van der Waals surface area contributed by atoms with Gasteiger partial charge >= 0.3 is 0 Å². The zero-order valence-electron chi connectivity index (χ0n) is 13.8. The molecule has 2 N–H and O–H groups in total. The second-order valence-electron chi connectivity index (χ2n) is 6.00. The quantitative estimate of drug-likeness (QED) is 0.664. The fraction of sp³-hybridized carbons (Fsp3) is 0.263. The van der Waals surface area contributed by atoms with E-state index in [4.69, 9.17) is 0 Å². The Morgan fingerprint density at radius 3 is 2.88 bits per heavy atom. The Kier molecular flexibility index (Phi) is 5.11. The number of benzene rings is 1. The molecular weight excluding hydrogens is 366 g/mol. The molecule has 0 saturated carbocycles. The number of rotatable bonds is 5. The van der Waals surface area contributed by atoms with Gasteiger partial charge in [-0.15, -0.1) is 0 Å². The Balaban J connectivity index is 1.93. The maximum atomic E-state index is 9.44. The van der Waals surface area contributed by atoms with Gasteiger partial charge in [-0.25, -0.2) is 4.98 Å². The van der Waals surface area contributed by atoms with Crippen molar-refractivity contribution in [2.75, 3.05) is 5.32 Å². The fourth-order valence-electron chi connectivity index (χ4n) is 2.58. The van der Waals surface area contributed by atoms with Crippen LogP contribution in [-0.2, 0) is 6.42 Å². The Morgan fingerprint density at radius 2 is 2.08 bits per heavy atom. The molecule has 24 heavy (non-hydrogen) atoms. The van der Waals surface area contributed by atoms with E-state index in [-0.39, 0.29) is 6.10 Å². The van der Waals surface area contributed by atoms with Crippen molar-refractivity contribution in [3.05, 3.63) is 58.3 Å². The van der Waals surface area contributed by atoms with E-state index in [9.17, 15) is 5.11 Å². The number of fused-ring (bicyclic) bond motifs is 1. The zero-order valence-corrected chi connectivity index (χ0v) is 15.3. The third kappa shape index (κ3) is 3.74. The lowest BCUT2D eigenvalue weighted by Crippen LogP contribution is -2.02. The average Bonchev–Trinajstić information content (AvgIpc) is 2.57. The van der Waals surface area contributed by atoms with Gasteiger partial charge in [0.1, 0.15) is 5.52 Å². The van der Waals surface area contributed by atoms with Crippen molar-refractivity contribution in [3.63, 3.8) is 0 Å². The van der Waals surface area contributed by atoms with Crippen LogP contribution in [-0.4, -0.2) is 21.2 Å². The van der Waals surface area contributed by atoms with Gasteiger partial charge in [-0.2, -0.15) is 0 Å². The number of aliphatic hydroxyl groups excluding tert-OH is 1. The van der Waals surface area contributed by atoms with E-state index in [1.807, 2.05) is 30.5 Å². The largest absolute Gasteiger partial charge is 0.393 e. The standard InChI is InChI=1S/C19H20BrN3O/c1-12(24)6-7-14-10-15-8-9-21-19(18(15)22-11-14)23-17-5-3-4-16(20)13(17)2/h3-5,8-12,24H,6-7H2,1-2H3,(H,21,23)/t12-/m0/s1. The number of hydrogen-bond donors (Lipinski definition) is 2. The van der Waals surface area contributed by atoms with Crippen LogP contribution in [0.1, 0.15) is 24.5 Å². The third-order valence-electron chi connectivity index (χ3n) is 4.03. The summed E-state index contributed by atoms with van der Waals surface area (Å²) in [6.07, 6.45) is 4.91. The average molecular weight is 386 g/mol. The van der Waals surface area contributed by atoms with Crippen molar-refractivity contribution in [1.29, 1.82) is 0 Å². The van der Waals surface area contributed by atoms with E-state index in [1.54, 1.807) is 13.1 Å². The second-order valence-corrected chi connectivity index (χ2v) is 6.85. The predicted molar refractivity (Wildman–Crippen MR) is 102 cm³/mol. The Hall–Kier alpha value is -1.98. The van der Waals surface area contributed by atoms with Crippen LogP contribution in [0.3, 0.4) is 0 Å². The molecule has 2 aromatic heterocycles. The maximum absolute atomic E-state index is 9.44. The zero-order chi connectivity index (χ0) is 17.1. The molecule has 0 amide bonds. The van der Waals surface area contributed by atoms with Gasteiger partial charge in [0, 0.05) is 27.9 Å². The van der Waals surface area contributed by atoms with Gasteiger partial charge in [-0.3, -0.25) is 4.98 Å². The predicted octanol–water partition coefficient (Wildman–Crippen LogP) is 4.76. The number of hydrogen-bond acceptors (Lipinski definition) is 4. The Labute approximate surface area is 150 Å². The number of pyridine rings is 2. The topological polar surface area (TPSA) is 58.0 Å². The van der Waals surface area contributed by atoms with E-state index >= 15 is 0 Å². The molecule has 0 radical (unpaired) electrons. The summed E-state index contributed by atoms with van der Waals surface area (Å²) in [5.74, 6) is 0.746. The second kappa shape index (κ2) is 7.28. The van der Waals surface area contributed by atoms with Crippen molar-refractivity contribution in [1.82, 2.24) is 9.97 Å². The molecule has 0 aliphatic rings. The van der Waals surface area contributed by atoms with Crippen molar-refractivity contribution in [3.8, 4) is 0 Å². The summed E-state index contributed by atoms with van der Waals surface area (Å²) < 4.78 is 1.06. The van der Waals surface area contributed by atoms with Crippen LogP contribution in [0.15, 0.2) is 47.2 Å². The van der Waals surface area contributed by atoms with Crippen LogP contribution in [0, 0.1) is 6.92 Å². The lowest BCUT2D eigenvalue weighted by Gasteiger charge is -2.12. The number of aromatic nitrogens is 2. The molecule has 3 aromatic rings. The van der Waals surface area contributed by atoms with E-state index in [2.05, 4.69) is 44.2 Å². The molecule has 0 saturated heterocycles. The van der Waals surface area contributed by atoms with E-state index < -0.39 is 0 Å². The summed E-state index contributed by atoms with van der Waals surface area (Å²) in [7, 11) is 0. The molecule has 0 aliphatic heterocycles. The van der Waals surface area contributed by atoms with Crippen molar-refractivity contribution < 1.29 is 5.11 Å². The van der Waals surface area contributed by atoms with Gasteiger partial charge in [0.2, 0.25) is 0 Å². The molecule has 0 unspecified atom stereocenters. The lowest BCUT2D eigenvalue weighted by atomic mass is 10.1. The molecule has 0 aliphatic carbocycles. The molecule has 4 nitrogen and oxygen atoms in total. The summed E-state index contributed by atoms with van der Waals surface area (Å²) in [5.41, 5.74) is 4.10. The molecule has 124 valence electrons. The number of nitrogens with one attached hydrogen (secondary N) is 1. The fourth-order valence-corrected chi connectivity index (χ4v) is 2.95. The summed E-state index contributed by atoms with van der Waals surface area (Å²) in [4.78, 5) is 9.04. The number of aliphatic hydroxyl groups is 1. The summed E-state index contributed by atoms with van der Waals surface area (Å²) >= 11 is 3.55. The van der Waals surface area contributed by atoms with Crippen molar-refractivity contribution in [2.24, 2.45) is 0 Å². The number of anilines is 2. The molecule has 0 fully saturated rings. The highest BCUT2D eigenvalue weighted by molar-refractivity contribution is 9.10. The maximum Gasteiger partial charge on any atom is 0.156 e. The van der Waals surface area contributed by atoms with Crippen LogP contribution in [0.5, 0.6) is 0 Å². The van der Waals surface area contributed by atoms with Gasteiger partial charge in [0.25, 0.3) is 0 Å². The monoisotopic (exact) mass is 385 g/mol. The van der Waals surface area contributed by atoms with Gasteiger partial charge in [0.15, 0.2) is 5.82 Å². The van der Waals surface area contributed by atoms with Crippen molar-refractivity contribution in [2.45, 2.75) is 32.8 Å². The lowest BCUT2D eigenvalue weighted by molar-refractivity contribution is 0.185.